The molecule has 1 saturated carbocycles. The molecule has 2 unspecified atom stereocenters. The van der Waals surface area contributed by atoms with E-state index in [-0.39, 0.29) is 6.04 Å². The van der Waals surface area contributed by atoms with Gasteiger partial charge < -0.3 is 5.73 Å². The topological polar surface area (TPSA) is 63.4 Å². The van der Waals surface area contributed by atoms with Crippen molar-refractivity contribution in [3.8, 4) is 0 Å². The van der Waals surface area contributed by atoms with Crippen LogP contribution in [0.4, 0.5) is 0 Å². The molecule has 0 bridgehead atoms. The molecule has 1 fully saturated rings. The van der Waals surface area contributed by atoms with Crippen LogP contribution in [0.1, 0.15) is 38.2 Å². The molecule has 5 heteroatoms. The van der Waals surface area contributed by atoms with Crippen molar-refractivity contribution in [1.82, 2.24) is 4.31 Å². The zero-order valence-electron chi connectivity index (χ0n) is 12.2. The van der Waals surface area contributed by atoms with E-state index in [0.717, 1.165) is 24.8 Å². The standard InChI is InChI=1S/C15H24N2O2S/c1-12-5-3-4-6-15(12)17(2)20(18,19)14-9-7-13(11-16)8-10-14/h7-10,12,15H,3-6,11,16H2,1-2H3. The molecule has 1 aliphatic rings. The van der Waals surface area contributed by atoms with E-state index in [1.165, 1.54) is 6.42 Å². The fourth-order valence-corrected chi connectivity index (χ4v) is 4.46. The highest BCUT2D eigenvalue weighted by Gasteiger charge is 2.32. The van der Waals surface area contributed by atoms with Crippen LogP contribution in [0.3, 0.4) is 0 Å². The van der Waals surface area contributed by atoms with Gasteiger partial charge in [-0.05, 0) is 36.5 Å². The molecule has 0 radical (unpaired) electrons. The summed E-state index contributed by atoms with van der Waals surface area (Å²) in [4.78, 5) is 0.356. The van der Waals surface area contributed by atoms with Crippen LogP contribution < -0.4 is 5.73 Å². The second kappa shape index (κ2) is 6.24. The minimum absolute atomic E-state index is 0.114. The summed E-state index contributed by atoms with van der Waals surface area (Å²) in [6.07, 6.45) is 4.38. The van der Waals surface area contributed by atoms with Crippen molar-refractivity contribution < 1.29 is 8.42 Å². The van der Waals surface area contributed by atoms with Gasteiger partial charge >= 0.3 is 0 Å². The third-order valence-corrected chi connectivity index (χ3v) is 6.27. The van der Waals surface area contributed by atoms with Crippen LogP contribution in [0.2, 0.25) is 0 Å². The zero-order valence-corrected chi connectivity index (χ0v) is 13.1. The molecule has 2 N–H and O–H groups in total. The lowest BCUT2D eigenvalue weighted by Gasteiger charge is -2.35. The van der Waals surface area contributed by atoms with E-state index < -0.39 is 10.0 Å². The van der Waals surface area contributed by atoms with E-state index in [2.05, 4.69) is 6.92 Å². The average molecular weight is 296 g/mol. The third-order valence-electron chi connectivity index (χ3n) is 4.37. The second-order valence-corrected chi connectivity index (χ2v) is 7.70. The van der Waals surface area contributed by atoms with Gasteiger partial charge in [-0.2, -0.15) is 4.31 Å². The lowest BCUT2D eigenvalue weighted by atomic mass is 9.86. The van der Waals surface area contributed by atoms with Crippen LogP contribution in [-0.2, 0) is 16.6 Å². The molecule has 0 heterocycles. The normalized spacial score (nSPS) is 24.0. The number of benzene rings is 1. The van der Waals surface area contributed by atoms with Crippen molar-refractivity contribution in [2.24, 2.45) is 11.7 Å². The van der Waals surface area contributed by atoms with Crippen molar-refractivity contribution in [2.45, 2.75) is 50.1 Å². The minimum atomic E-state index is -3.40. The molecule has 2 rings (SSSR count). The maximum Gasteiger partial charge on any atom is 0.243 e. The summed E-state index contributed by atoms with van der Waals surface area (Å²) in [5.74, 6) is 0.423. The smallest absolute Gasteiger partial charge is 0.243 e. The van der Waals surface area contributed by atoms with Crippen LogP contribution in [-0.4, -0.2) is 25.8 Å². The van der Waals surface area contributed by atoms with Gasteiger partial charge in [0.25, 0.3) is 0 Å². The number of nitrogens with two attached hydrogens (primary N) is 1. The van der Waals surface area contributed by atoms with Crippen LogP contribution in [0.25, 0.3) is 0 Å². The summed E-state index contributed by atoms with van der Waals surface area (Å²) >= 11 is 0. The number of hydrogen-bond donors (Lipinski definition) is 1. The van der Waals surface area contributed by atoms with Gasteiger partial charge in [0.05, 0.1) is 4.90 Å². The van der Waals surface area contributed by atoms with Crippen LogP contribution in [0, 0.1) is 5.92 Å². The van der Waals surface area contributed by atoms with Crippen molar-refractivity contribution in [3.05, 3.63) is 29.8 Å². The number of hydrogen-bond acceptors (Lipinski definition) is 3. The molecular weight excluding hydrogens is 272 g/mol. The van der Waals surface area contributed by atoms with Crippen molar-refractivity contribution in [2.75, 3.05) is 7.05 Å². The third kappa shape index (κ3) is 3.05. The Labute approximate surface area is 122 Å². The molecule has 20 heavy (non-hydrogen) atoms. The monoisotopic (exact) mass is 296 g/mol. The van der Waals surface area contributed by atoms with Gasteiger partial charge in [0.15, 0.2) is 0 Å². The summed E-state index contributed by atoms with van der Waals surface area (Å²) in [7, 11) is -1.70. The van der Waals surface area contributed by atoms with Gasteiger partial charge in [0.2, 0.25) is 10.0 Å². The van der Waals surface area contributed by atoms with E-state index in [0.29, 0.717) is 17.4 Å². The Morgan fingerprint density at radius 3 is 2.35 bits per heavy atom. The molecule has 0 aliphatic heterocycles. The molecule has 4 nitrogen and oxygen atoms in total. The fraction of sp³-hybridized carbons (Fsp3) is 0.600. The summed E-state index contributed by atoms with van der Waals surface area (Å²) in [5.41, 5.74) is 6.49. The lowest BCUT2D eigenvalue weighted by molar-refractivity contribution is 0.213. The highest BCUT2D eigenvalue weighted by atomic mass is 32.2. The van der Waals surface area contributed by atoms with E-state index in [1.807, 2.05) is 0 Å². The SMILES string of the molecule is CC1CCCCC1N(C)S(=O)(=O)c1ccc(CN)cc1. The maximum atomic E-state index is 12.7. The Hall–Kier alpha value is -0.910. The Morgan fingerprint density at radius 2 is 1.80 bits per heavy atom. The summed E-state index contributed by atoms with van der Waals surface area (Å²) in [6, 6.07) is 6.99. The van der Waals surface area contributed by atoms with Gasteiger partial charge in [-0.3, -0.25) is 0 Å². The first kappa shape index (κ1) is 15.5. The van der Waals surface area contributed by atoms with E-state index in [1.54, 1.807) is 35.6 Å². The molecule has 0 amide bonds. The zero-order chi connectivity index (χ0) is 14.8. The van der Waals surface area contributed by atoms with E-state index in [9.17, 15) is 8.42 Å². The molecule has 1 aromatic rings. The van der Waals surface area contributed by atoms with Gasteiger partial charge in [-0.15, -0.1) is 0 Å². The summed E-state index contributed by atoms with van der Waals surface area (Å²) in [6.45, 7) is 2.57. The molecule has 2 atom stereocenters. The highest BCUT2D eigenvalue weighted by Crippen LogP contribution is 2.30. The van der Waals surface area contributed by atoms with Crippen molar-refractivity contribution in [1.29, 1.82) is 0 Å². The van der Waals surface area contributed by atoms with Crippen LogP contribution in [0.15, 0.2) is 29.2 Å². The van der Waals surface area contributed by atoms with Gasteiger partial charge in [-0.1, -0.05) is 31.9 Å². The molecular formula is C15H24N2O2S. The quantitative estimate of drug-likeness (QED) is 0.927. The Balaban J connectivity index is 2.23. The molecule has 0 saturated heterocycles. The Kier molecular flexibility index (Phi) is 4.83. The lowest BCUT2D eigenvalue weighted by Crippen LogP contribution is -2.42. The van der Waals surface area contributed by atoms with E-state index in [4.69, 9.17) is 5.73 Å². The first-order chi connectivity index (χ1) is 9.46. The molecule has 112 valence electrons. The number of sulfonamides is 1. The van der Waals surface area contributed by atoms with Crippen LogP contribution >= 0.6 is 0 Å². The van der Waals surface area contributed by atoms with Crippen molar-refractivity contribution in [3.63, 3.8) is 0 Å². The predicted molar refractivity (Wildman–Crippen MR) is 80.7 cm³/mol. The maximum absolute atomic E-state index is 12.7. The number of rotatable bonds is 4. The minimum Gasteiger partial charge on any atom is -0.326 e. The Morgan fingerprint density at radius 1 is 1.20 bits per heavy atom. The average Bonchev–Trinajstić information content (AvgIpc) is 2.47. The van der Waals surface area contributed by atoms with Crippen molar-refractivity contribution >= 4 is 10.0 Å². The predicted octanol–water partition coefficient (Wildman–Crippen LogP) is 2.34. The van der Waals surface area contributed by atoms with Gasteiger partial charge in [0, 0.05) is 19.6 Å². The summed E-state index contributed by atoms with van der Waals surface area (Å²) in [5, 5.41) is 0. The Bertz CT molecular complexity index is 539. The van der Waals surface area contributed by atoms with E-state index >= 15 is 0 Å². The first-order valence-electron chi connectivity index (χ1n) is 7.24. The van der Waals surface area contributed by atoms with Crippen LogP contribution in [0.5, 0.6) is 0 Å². The largest absolute Gasteiger partial charge is 0.326 e. The van der Waals surface area contributed by atoms with Gasteiger partial charge in [-0.25, -0.2) is 8.42 Å². The number of nitrogens with zero attached hydrogens (tertiary/aromatic N) is 1. The molecule has 1 aliphatic carbocycles. The first-order valence-corrected chi connectivity index (χ1v) is 8.68. The molecule has 1 aromatic carbocycles. The second-order valence-electron chi connectivity index (χ2n) is 5.70. The fourth-order valence-electron chi connectivity index (χ4n) is 2.98. The molecule has 0 aromatic heterocycles. The highest BCUT2D eigenvalue weighted by molar-refractivity contribution is 7.89. The van der Waals surface area contributed by atoms with Gasteiger partial charge in [0.1, 0.15) is 0 Å². The molecule has 0 spiro atoms. The summed E-state index contributed by atoms with van der Waals surface area (Å²) < 4.78 is 26.9.